The number of halogens is 1. The minimum Gasteiger partial charge on any atom is -0.491 e. The van der Waals surface area contributed by atoms with E-state index in [4.69, 9.17) is 4.74 Å². The van der Waals surface area contributed by atoms with Crippen LogP contribution in [-0.2, 0) is 6.54 Å². The fourth-order valence-electron chi connectivity index (χ4n) is 1.82. The molecule has 5 heteroatoms. The highest BCUT2D eigenvalue weighted by atomic mass is 79.9. The number of benzene rings is 1. The topological polar surface area (TPSA) is 48.3 Å². The summed E-state index contributed by atoms with van der Waals surface area (Å²) in [6.45, 7) is 2.24. The second kappa shape index (κ2) is 6.52. The van der Waals surface area contributed by atoms with E-state index in [0.29, 0.717) is 28.9 Å². The van der Waals surface area contributed by atoms with Crippen LogP contribution in [0.1, 0.15) is 17.3 Å². The van der Waals surface area contributed by atoms with Crippen LogP contribution in [0.2, 0.25) is 0 Å². The van der Waals surface area contributed by atoms with E-state index >= 15 is 0 Å². The van der Waals surface area contributed by atoms with E-state index in [2.05, 4.69) is 15.9 Å². The van der Waals surface area contributed by atoms with E-state index in [1.807, 2.05) is 6.07 Å². The standard InChI is InChI=1S/C15H14BrNO3/c1-11(18)12-5-2-3-7-14(12)20-10-9-17-8-4-6-13(16)15(17)19/h2-8H,9-10H2,1H3. The number of Topliss-reactive ketones (excluding diaryl/α,β-unsaturated/α-hetero) is 1. The fraction of sp³-hybridized carbons (Fsp3) is 0.200. The summed E-state index contributed by atoms with van der Waals surface area (Å²) in [5.74, 6) is 0.503. The summed E-state index contributed by atoms with van der Waals surface area (Å²) >= 11 is 3.19. The number of rotatable bonds is 5. The Morgan fingerprint density at radius 2 is 2.00 bits per heavy atom. The summed E-state index contributed by atoms with van der Waals surface area (Å²) in [6.07, 6.45) is 1.70. The number of para-hydroxylation sites is 1. The zero-order valence-electron chi connectivity index (χ0n) is 11.0. The van der Waals surface area contributed by atoms with E-state index < -0.39 is 0 Å². The molecule has 1 heterocycles. The SMILES string of the molecule is CC(=O)c1ccccc1OCCn1cccc(Br)c1=O. The Bertz CT molecular complexity index is 679. The third kappa shape index (κ3) is 3.36. The number of carbonyl (C=O) groups is 1. The van der Waals surface area contributed by atoms with Gasteiger partial charge in [0, 0.05) is 6.20 Å². The Morgan fingerprint density at radius 3 is 2.75 bits per heavy atom. The van der Waals surface area contributed by atoms with Crippen LogP contribution >= 0.6 is 15.9 Å². The molecule has 0 radical (unpaired) electrons. The normalized spacial score (nSPS) is 10.3. The predicted molar refractivity (Wildman–Crippen MR) is 80.3 cm³/mol. The van der Waals surface area contributed by atoms with E-state index in [1.165, 1.54) is 6.92 Å². The van der Waals surface area contributed by atoms with Gasteiger partial charge in [0.25, 0.3) is 5.56 Å². The zero-order valence-corrected chi connectivity index (χ0v) is 12.6. The Labute approximate surface area is 125 Å². The number of aromatic nitrogens is 1. The van der Waals surface area contributed by atoms with Gasteiger partial charge in [-0.3, -0.25) is 9.59 Å². The molecule has 0 aliphatic carbocycles. The molecule has 104 valence electrons. The Balaban J connectivity index is 2.05. The first-order chi connectivity index (χ1) is 9.59. The number of nitrogens with zero attached hydrogens (tertiary/aromatic N) is 1. The number of ketones is 1. The average Bonchev–Trinajstić information content (AvgIpc) is 2.44. The second-order valence-electron chi connectivity index (χ2n) is 4.26. The first kappa shape index (κ1) is 14.5. The molecule has 0 unspecified atom stereocenters. The first-order valence-electron chi connectivity index (χ1n) is 6.17. The van der Waals surface area contributed by atoms with Gasteiger partial charge in [-0.2, -0.15) is 0 Å². The van der Waals surface area contributed by atoms with Crippen molar-refractivity contribution in [2.75, 3.05) is 6.61 Å². The second-order valence-corrected chi connectivity index (χ2v) is 5.11. The van der Waals surface area contributed by atoms with Gasteiger partial charge in [-0.15, -0.1) is 0 Å². The van der Waals surface area contributed by atoms with E-state index in [1.54, 1.807) is 41.1 Å². The highest BCUT2D eigenvalue weighted by molar-refractivity contribution is 9.10. The van der Waals surface area contributed by atoms with Crippen molar-refractivity contribution < 1.29 is 9.53 Å². The van der Waals surface area contributed by atoms with Crippen molar-refractivity contribution in [2.24, 2.45) is 0 Å². The number of carbonyl (C=O) groups excluding carboxylic acids is 1. The lowest BCUT2D eigenvalue weighted by Gasteiger charge is -2.10. The number of pyridine rings is 1. The quantitative estimate of drug-likeness (QED) is 0.789. The fourth-order valence-corrected chi connectivity index (χ4v) is 2.20. The van der Waals surface area contributed by atoms with Gasteiger partial charge in [0.05, 0.1) is 16.6 Å². The van der Waals surface area contributed by atoms with E-state index in [-0.39, 0.29) is 11.3 Å². The summed E-state index contributed by atoms with van der Waals surface area (Å²) in [6, 6.07) is 10.6. The molecule has 0 fully saturated rings. The van der Waals surface area contributed by atoms with Crippen molar-refractivity contribution >= 4 is 21.7 Å². The zero-order chi connectivity index (χ0) is 14.5. The number of hydrogen-bond donors (Lipinski definition) is 0. The molecule has 0 bridgehead atoms. The molecule has 2 aromatic rings. The molecule has 0 N–H and O–H groups in total. The highest BCUT2D eigenvalue weighted by Crippen LogP contribution is 2.18. The molecular formula is C15H14BrNO3. The molecule has 1 aromatic heterocycles. The van der Waals surface area contributed by atoms with Crippen LogP contribution in [0, 0.1) is 0 Å². The van der Waals surface area contributed by atoms with Crippen molar-refractivity contribution in [1.82, 2.24) is 4.57 Å². The average molecular weight is 336 g/mol. The van der Waals surface area contributed by atoms with Gasteiger partial charge in [0.15, 0.2) is 5.78 Å². The first-order valence-corrected chi connectivity index (χ1v) is 6.96. The third-order valence-corrected chi connectivity index (χ3v) is 3.43. The molecule has 0 aliphatic heterocycles. The van der Waals surface area contributed by atoms with Crippen molar-refractivity contribution in [3.05, 3.63) is 63.0 Å². The van der Waals surface area contributed by atoms with Crippen LogP contribution in [0.25, 0.3) is 0 Å². The van der Waals surface area contributed by atoms with Gasteiger partial charge in [-0.25, -0.2) is 0 Å². The largest absolute Gasteiger partial charge is 0.491 e. The van der Waals surface area contributed by atoms with E-state index in [0.717, 1.165) is 0 Å². The van der Waals surface area contributed by atoms with Crippen LogP contribution in [-0.4, -0.2) is 17.0 Å². The minimum atomic E-state index is -0.101. The molecule has 4 nitrogen and oxygen atoms in total. The summed E-state index contributed by atoms with van der Waals surface area (Å²) in [5, 5.41) is 0. The van der Waals surface area contributed by atoms with E-state index in [9.17, 15) is 9.59 Å². The molecule has 0 saturated heterocycles. The molecular weight excluding hydrogens is 322 g/mol. The summed E-state index contributed by atoms with van der Waals surface area (Å²) in [7, 11) is 0. The minimum absolute atomic E-state index is 0.0415. The van der Waals surface area contributed by atoms with Gasteiger partial charge >= 0.3 is 0 Å². The number of hydrogen-bond acceptors (Lipinski definition) is 3. The Morgan fingerprint density at radius 1 is 1.25 bits per heavy atom. The van der Waals surface area contributed by atoms with Crippen molar-refractivity contribution in [1.29, 1.82) is 0 Å². The summed E-state index contributed by atoms with van der Waals surface area (Å²) in [5.41, 5.74) is 0.449. The smallest absolute Gasteiger partial charge is 0.264 e. The summed E-state index contributed by atoms with van der Waals surface area (Å²) < 4.78 is 7.68. The molecule has 0 atom stereocenters. The predicted octanol–water partition coefficient (Wildman–Crippen LogP) is 2.89. The summed E-state index contributed by atoms with van der Waals surface area (Å²) in [4.78, 5) is 23.2. The maximum absolute atomic E-state index is 11.8. The van der Waals surface area contributed by atoms with Crippen molar-refractivity contribution in [3.8, 4) is 5.75 Å². The monoisotopic (exact) mass is 335 g/mol. The molecule has 0 aliphatic rings. The number of ether oxygens (including phenoxy) is 1. The highest BCUT2D eigenvalue weighted by Gasteiger charge is 2.07. The molecule has 0 saturated carbocycles. The third-order valence-electron chi connectivity index (χ3n) is 2.83. The molecule has 20 heavy (non-hydrogen) atoms. The lowest BCUT2D eigenvalue weighted by molar-refractivity contribution is 0.101. The van der Waals surface area contributed by atoms with Crippen LogP contribution in [0.4, 0.5) is 0 Å². The van der Waals surface area contributed by atoms with Crippen LogP contribution in [0.5, 0.6) is 5.75 Å². The lowest BCUT2D eigenvalue weighted by atomic mass is 10.1. The molecule has 0 spiro atoms. The van der Waals surface area contributed by atoms with Gasteiger partial charge < -0.3 is 9.30 Å². The van der Waals surface area contributed by atoms with Gasteiger partial charge in [-0.05, 0) is 47.1 Å². The van der Waals surface area contributed by atoms with Crippen molar-refractivity contribution in [2.45, 2.75) is 13.5 Å². The van der Waals surface area contributed by atoms with Crippen LogP contribution in [0.15, 0.2) is 51.9 Å². The Kier molecular flexibility index (Phi) is 4.74. The van der Waals surface area contributed by atoms with Crippen LogP contribution < -0.4 is 10.3 Å². The van der Waals surface area contributed by atoms with Gasteiger partial charge in [0.1, 0.15) is 12.4 Å². The maximum atomic E-state index is 11.8. The van der Waals surface area contributed by atoms with Gasteiger partial charge in [-0.1, -0.05) is 12.1 Å². The van der Waals surface area contributed by atoms with Gasteiger partial charge in [0.2, 0.25) is 0 Å². The molecule has 1 aromatic carbocycles. The van der Waals surface area contributed by atoms with Crippen molar-refractivity contribution in [3.63, 3.8) is 0 Å². The van der Waals surface area contributed by atoms with Crippen LogP contribution in [0.3, 0.4) is 0 Å². The maximum Gasteiger partial charge on any atom is 0.264 e. The molecule has 0 amide bonds. The Hall–Kier alpha value is -1.88. The lowest BCUT2D eigenvalue weighted by Crippen LogP contribution is -2.22. The molecule has 2 rings (SSSR count).